The molecule has 0 aromatic carbocycles. The fraction of sp³-hybridized carbons (Fsp3) is 0.450. The van der Waals surface area contributed by atoms with E-state index in [1.807, 2.05) is 45.6 Å². The van der Waals surface area contributed by atoms with Crippen molar-refractivity contribution in [2.24, 2.45) is 0 Å². The van der Waals surface area contributed by atoms with Crippen LogP contribution in [0.25, 0.3) is 0 Å². The van der Waals surface area contributed by atoms with Crippen LogP contribution in [-0.4, -0.2) is 80.5 Å². The van der Waals surface area contributed by atoms with Crippen molar-refractivity contribution in [3.63, 3.8) is 0 Å². The molecule has 2 saturated heterocycles. The van der Waals surface area contributed by atoms with Crippen LogP contribution in [0.15, 0.2) is 41.9 Å². The Morgan fingerprint density at radius 3 is 2.36 bits per heavy atom. The number of rotatable bonds is 4. The minimum atomic E-state index is 0.0848. The monoisotopic (exact) mass is 401 g/mol. The third-order valence-electron chi connectivity index (χ3n) is 5.56. The number of amides is 2. The summed E-state index contributed by atoms with van der Waals surface area (Å²) >= 11 is 1.47. The maximum Gasteiger partial charge on any atom is 0.277 e. The first kappa shape index (κ1) is 18.9. The van der Waals surface area contributed by atoms with Crippen LogP contribution < -0.4 is 14.8 Å². The van der Waals surface area contributed by atoms with Crippen LogP contribution in [0.3, 0.4) is 0 Å². The molecule has 28 heavy (non-hydrogen) atoms. The lowest BCUT2D eigenvalue weighted by molar-refractivity contribution is -0.892. The number of aromatic amines is 1. The number of H-pyrrole nitrogens is 1. The van der Waals surface area contributed by atoms with Crippen LogP contribution >= 0.6 is 11.3 Å². The zero-order chi connectivity index (χ0) is 19.3. The Labute approximate surface area is 169 Å². The van der Waals surface area contributed by atoms with E-state index >= 15 is 0 Å². The van der Waals surface area contributed by atoms with Crippen LogP contribution in [0.2, 0.25) is 0 Å². The predicted octanol–water partition coefficient (Wildman–Crippen LogP) is -0.748. The summed E-state index contributed by atoms with van der Waals surface area (Å²) < 4.78 is 0. The highest BCUT2D eigenvalue weighted by Crippen LogP contribution is 2.13. The molecule has 4 heterocycles. The smallest absolute Gasteiger partial charge is 0.277 e. The van der Waals surface area contributed by atoms with Gasteiger partial charge < -0.3 is 14.7 Å². The molecule has 2 aromatic rings. The third-order valence-corrected chi connectivity index (χ3v) is 6.41. The number of nitrogens with zero attached hydrogens (tertiary/aromatic N) is 3. The molecular weight excluding hydrogens is 374 g/mol. The Kier molecular flexibility index (Phi) is 5.87. The van der Waals surface area contributed by atoms with Gasteiger partial charge in [-0.2, -0.15) is 0 Å². The molecule has 7 nitrogen and oxygen atoms in total. The van der Waals surface area contributed by atoms with Crippen LogP contribution in [-0.2, 0) is 4.79 Å². The number of pyridine rings is 1. The Morgan fingerprint density at radius 2 is 1.71 bits per heavy atom. The van der Waals surface area contributed by atoms with E-state index in [1.165, 1.54) is 16.2 Å². The minimum absolute atomic E-state index is 0.0848. The molecule has 0 saturated carbocycles. The second-order valence-corrected chi connectivity index (χ2v) is 8.26. The highest BCUT2D eigenvalue weighted by atomic mass is 32.1. The summed E-state index contributed by atoms with van der Waals surface area (Å²) in [6.45, 7) is 6.88. The van der Waals surface area contributed by atoms with Gasteiger partial charge in [-0.3, -0.25) is 14.5 Å². The summed E-state index contributed by atoms with van der Waals surface area (Å²) in [7, 11) is 0. The Hall–Kier alpha value is -2.45. The number of aromatic nitrogens is 1. The summed E-state index contributed by atoms with van der Waals surface area (Å²) in [4.78, 5) is 36.6. The lowest BCUT2D eigenvalue weighted by Gasteiger charge is -2.35. The molecule has 2 aromatic heterocycles. The van der Waals surface area contributed by atoms with E-state index in [2.05, 4.69) is 16.0 Å². The quantitative estimate of drug-likeness (QED) is 0.734. The number of hydrogen-bond acceptors (Lipinski definition) is 4. The van der Waals surface area contributed by atoms with Crippen molar-refractivity contribution in [1.29, 1.82) is 0 Å². The first-order valence-electron chi connectivity index (χ1n) is 9.86. The summed E-state index contributed by atoms with van der Waals surface area (Å²) in [5.41, 5.74) is 0. The molecule has 0 bridgehead atoms. The fourth-order valence-corrected chi connectivity index (χ4v) is 4.55. The molecule has 2 fully saturated rings. The summed E-state index contributed by atoms with van der Waals surface area (Å²) in [6, 6.07) is 9.87. The maximum atomic E-state index is 12.7. The van der Waals surface area contributed by atoms with Crippen molar-refractivity contribution < 1.29 is 19.5 Å². The maximum absolute atomic E-state index is 12.7. The van der Waals surface area contributed by atoms with Gasteiger partial charge in [0.1, 0.15) is 26.2 Å². The van der Waals surface area contributed by atoms with Crippen LogP contribution in [0.5, 0.6) is 0 Å². The van der Waals surface area contributed by atoms with E-state index in [-0.39, 0.29) is 11.8 Å². The third kappa shape index (κ3) is 4.34. The first-order chi connectivity index (χ1) is 13.7. The molecular formula is C20H27N5O2S+2. The number of thiophene rings is 1. The zero-order valence-corrected chi connectivity index (χ0v) is 16.8. The molecule has 148 valence electrons. The summed E-state index contributed by atoms with van der Waals surface area (Å²) in [5.74, 6) is 1.43. The molecule has 0 radical (unpaired) electrons. The zero-order valence-electron chi connectivity index (χ0n) is 16.0. The minimum Gasteiger partial charge on any atom is -0.334 e. The van der Waals surface area contributed by atoms with Gasteiger partial charge in [-0.15, -0.1) is 11.3 Å². The van der Waals surface area contributed by atoms with Gasteiger partial charge in [-0.1, -0.05) is 12.1 Å². The number of quaternary nitrogens is 1. The largest absolute Gasteiger partial charge is 0.334 e. The number of anilines is 1. The predicted molar refractivity (Wildman–Crippen MR) is 108 cm³/mol. The Morgan fingerprint density at radius 1 is 0.964 bits per heavy atom. The van der Waals surface area contributed by atoms with Crippen LogP contribution in [0.4, 0.5) is 5.82 Å². The van der Waals surface area contributed by atoms with Crippen molar-refractivity contribution in [1.82, 2.24) is 9.80 Å². The molecule has 0 spiro atoms. The number of nitrogens with one attached hydrogen (secondary N) is 2. The normalized spacial score (nSPS) is 18.4. The number of hydrogen-bond donors (Lipinski definition) is 1. The van der Waals surface area contributed by atoms with Crippen molar-refractivity contribution in [2.45, 2.75) is 0 Å². The van der Waals surface area contributed by atoms with Crippen LogP contribution in [0.1, 0.15) is 9.67 Å². The van der Waals surface area contributed by atoms with E-state index in [4.69, 9.17) is 0 Å². The highest BCUT2D eigenvalue weighted by molar-refractivity contribution is 7.12. The second kappa shape index (κ2) is 8.70. The van der Waals surface area contributed by atoms with E-state index in [1.54, 1.807) is 0 Å². The molecule has 8 heteroatoms. The average Bonchev–Trinajstić information content (AvgIpc) is 3.29. The van der Waals surface area contributed by atoms with Crippen molar-refractivity contribution in [3.05, 3.63) is 46.8 Å². The van der Waals surface area contributed by atoms with Gasteiger partial charge in [0, 0.05) is 32.2 Å². The molecule has 0 aliphatic carbocycles. The lowest BCUT2D eigenvalue weighted by Crippen LogP contribution is -3.16. The van der Waals surface area contributed by atoms with Crippen molar-refractivity contribution >= 4 is 29.0 Å². The van der Waals surface area contributed by atoms with Gasteiger partial charge in [0.25, 0.3) is 17.6 Å². The molecule has 0 unspecified atom stereocenters. The van der Waals surface area contributed by atoms with E-state index in [9.17, 15) is 9.59 Å². The number of carbonyl (C=O) groups excluding carboxylic acids is 2. The number of carbonyl (C=O) groups is 2. The number of piperazine rings is 2. The summed E-state index contributed by atoms with van der Waals surface area (Å²) in [6.07, 6.45) is 1.95. The highest BCUT2D eigenvalue weighted by Gasteiger charge is 2.30. The Balaban J connectivity index is 1.22. The second-order valence-electron chi connectivity index (χ2n) is 7.31. The van der Waals surface area contributed by atoms with Gasteiger partial charge in [0.05, 0.1) is 11.1 Å². The van der Waals surface area contributed by atoms with Crippen LogP contribution in [0, 0.1) is 0 Å². The van der Waals surface area contributed by atoms with Gasteiger partial charge in [-0.25, -0.2) is 4.98 Å². The van der Waals surface area contributed by atoms with E-state index < -0.39 is 0 Å². The van der Waals surface area contributed by atoms with Gasteiger partial charge >= 0.3 is 0 Å². The van der Waals surface area contributed by atoms with Crippen molar-refractivity contribution in [3.8, 4) is 0 Å². The van der Waals surface area contributed by atoms with Gasteiger partial charge in [-0.05, 0) is 17.5 Å². The Bertz CT molecular complexity index is 782. The SMILES string of the molecule is O=C(C[NH+]1CCN(c2cccc[nH+]2)CC1)N1CCN(C(=O)c2cccs2)CC1. The lowest BCUT2D eigenvalue weighted by atomic mass is 10.2. The van der Waals surface area contributed by atoms with E-state index in [0.717, 1.165) is 36.9 Å². The average molecular weight is 402 g/mol. The standard InChI is InChI=1S/C20H25N5O2S/c26-19(16-22-7-9-23(10-8-22)18-5-1-2-6-21-18)24-11-13-25(14-12-24)20(27)17-4-3-15-28-17/h1-6,15H,7-14,16H2/p+2. The van der Waals surface area contributed by atoms with E-state index in [0.29, 0.717) is 32.7 Å². The van der Waals surface area contributed by atoms with Gasteiger partial charge in [0.2, 0.25) is 0 Å². The summed E-state index contributed by atoms with van der Waals surface area (Å²) in [5, 5.41) is 1.92. The first-order valence-corrected chi connectivity index (χ1v) is 10.7. The molecule has 0 atom stereocenters. The topological polar surface area (TPSA) is 62.4 Å². The van der Waals surface area contributed by atoms with Gasteiger partial charge in [0.15, 0.2) is 6.54 Å². The molecule has 4 rings (SSSR count). The molecule has 2 aliphatic heterocycles. The fourth-order valence-electron chi connectivity index (χ4n) is 3.86. The molecule has 2 N–H and O–H groups in total. The molecule has 2 amide bonds. The molecule has 2 aliphatic rings. The van der Waals surface area contributed by atoms with Crippen molar-refractivity contribution in [2.75, 3.05) is 63.8 Å².